The molecule has 0 aliphatic heterocycles. The molecule has 0 bridgehead atoms. The molecule has 30 heavy (non-hydrogen) atoms. The van der Waals surface area contributed by atoms with Crippen LogP contribution in [0.2, 0.25) is 0 Å². The quantitative estimate of drug-likeness (QED) is 0.416. The van der Waals surface area contributed by atoms with Crippen molar-refractivity contribution in [2.45, 2.75) is 20.4 Å². The highest BCUT2D eigenvalue weighted by Crippen LogP contribution is 2.24. The second-order valence-corrected chi connectivity index (χ2v) is 7.61. The van der Waals surface area contributed by atoms with E-state index < -0.39 is 0 Å². The van der Waals surface area contributed by atoms with Gasteiger partial charge in [-0.05, 0) is 55.4 Å². The molecule has 4 nitrogen and oxygen atoms in total. The highest BCUT2D eigenvalue weighted by molar-refractivity contribution is 7.80. The summed E-state index contributed by atoms with van der Waals surface area (Å²) in [4.78, 5) is 0. The van der Waals surface area contributed by atoms with Gasteiger partial charge in [-0.25, -0.2) is 4.68 Å². The van der Waals surface area contributed by atoms with E-state index in [1.807, 2.05) is 65.3 Å². The molecule has 1 heterocycles. The van der Waals surface area contributed by atoms with E-state index >= 15 is 0 Å². The Morgan fingerprint density at radius 3 is 2.33 bits per heavy atom. The second-order valence-electron chi connectivity index (χ2n) is 7.20. The zero-order valence-corrected chi connectivity index (χ0v) is 17.9. The normalized spacial score (nSPS) is 10.6. The summed E-state index contributed by atoms with van der Waals surface area (Å²) in [5.41, 5.74) is 7.59. The first-order valence-electron chi connectivity index (χ1n) is 9.92. The fourth-order valence-electron chi connectivity index (χ4n) is 3.32. The predicted molar refractivity (Wildman–Crippen MR) is 128 cm³/mol. The molecule has 0 saturated heterocycles. The van der Waals surface area contributed by atoms with Crippen LogP contribution in [0.4, 0.5) is 5.69 Å². The molecule has 4 aromatic rings. The van der Waals surface area contributed by atoms with Crippen LogP contribution in [-0.2, 0) is 6.54 Å². The number of thiocarbonyl (C=S) groups is 1. The van der Waals surface area contributed by atoms with Crippen LogP contribution in [0.25, 0.3) is 16.9 Å². The minimum absolute atomic E-state index is 0.577. The molecule has 4 rings (SSSR count). The zero-order chi connectivity index (χ0) is 20.9. The monoisotopic (exact) mass is 412 g/mol. The summed E-state index contributed by atoms with van der Waals surface area (Å²) in [6.45, 7) is 4.77. The Bertz CT molecular complexity index is 1150. The highest BCUT2D eigenvalue weighted by Gasteiger charge is 2.13. The third-order valence-electron chi connectivity index (χ3n) is 5.15. The van der Waals surface area contributed by atoms with Crippen LogP contribution < -0.4 is 10.6 Å². The molecule has 5 heteroatoms. The van der Waals surface area contributed by atoms with Crippen LogP contribution in [0.15, 0.2) is 85.1 Å². The molecule has 0 saturated carbocycles. The lowest BCUT2D eigenvalue weighted by molar-refractivity contribution is 0.879. The first-order valence-corrected chi connectivity index (χ1v) is 10.3. The molecule has 1 aromatic heterocycles. The van der Waals surface area contributed by atoms with E-state index in [4.69, 9.17) is 17.3 Å². The van der Waals surface area contributed by atoms with Crippen molar-refractivity contribution >= 4 is 23.0 Å². The molecule has 0 radical (unpaired) electrons. The lowest BCUT2D eigenvalue weighted by Crippen LogP contribution is -2.28. The van der Waals surface area contributed by atoms with Gasteiger partial charge in [0.2, 0.25) is 0 Å². The van der Waals surface area contributed by atoms with E-state index in [-0.39, 0.29) is 0 Å². The molecule has 0 aliphatic rings. The van der Waals surface area contributed by atoms with Gasteiger partial charge < -0.3 is 10.6 Å². The second kappa shape index (κ2) is 8.93. The van der Waals surface area contributed by atoms with Crippen LogP contribution in [-0.4, -0.2) is 14.9 Å². The summed E-state index contributed by atoms with van der Waals surface area (Å²) in [6, 6.07) is 26.5. The maximum atomic E-state index is 5.55. The van der Waals surface area contributed by atoms with Gasteiger partial charge in [0.25, 0.3) is 0 Å². The third kappa shape index (κ3) is 4.42. The Kier molecular flexibility index (Phi) is 5.91. The molecule has 150 valence electrons. The maximum Gasteiger partial charge on any atom is 0.171 e. The van der Waals surface area contributed by atoms with Gasteiger partial charge in [-0.3, -0.25) is 0 Å². The molecule has 0 atom stereocenters. The Hall–Kier alpha value is -3.44. The fraction of sp³-hybridized carbons (Fsp3) is 0.120. The standard InChI is InChI=1S/C25H24N4S/c1-18-10-9-15-23(19(18)2)27-25(30)26-16-21-17-29(22-13-7-4-8-14-22)28-24(21)20-11-5-3-6-12-20/h3-15,17H,16H2,1-2H3,(H2,26,27,30). The van der Waals surface area contributed by atoms with Crippen LogP contribution in [0, 0.1) is 13.8 Å². The topological polar surface area (TPSA) is 41.9 Å². The van der Waals surface area contributed by atoms with Crippen LogP contribution in [0.1, 0.15) is 16.7 Å². The minimum Gasteiger partial charge on any atom is -0.358 e. The van der Waals surface area contributed by atoms with Crippen LogP contribution in [0.3, 0.4) is 0 Å². The summed E-state index contributed by atoms with van der Waals surface area (Å²) in [7, 11) is 0. The number of benzene rings is 3. The molecule has 0 fully saturated rings. The molecular weight excluding hydrogens is 388 g/mol. The number of anilines is 1. The Labute approximate surface area is 182 Å². The molecule has 0 amide bonds. The predicted octanol–water partition coefficient (Wildman–Crippen LogP) is 5.64. The lowest BCUT2D eigenvalue weighted by Gasteiger charge is -2.13. The van der Waals surface area contributed by atoms with E-state index in [0.29, 0.717) is 11.7 Å². The van der Waals surface area contributed by atoms with E-state index in [1.54, 1.807) is 0 Å². The van der Waals surface area contributed by atoms with Crippen molar-refractivity contribution in [2.24, 2.45) is 0 Å². The SMILES string of the molecule is Cc1cccc(NC(=S)NCc2cn(-c3ccccc3)nc2-c2ccccc2)c1C. The van der Waals surface area contributed by atoms with E-state index in [1.165, 1.54) is 11.1 Å². The van der Waals surface area contributed by atoms with Gasteiger partial charge in [-0.2, -0.15) is 5.10 Å². The van der Waals surface area contributed by atoms with E-state index in [2.05, 4.69) is 48.9 Å². The Morgan fingerprint density at radius 2 is 1.60 bits per heavy atom. The molecule has 0 unspecified atom stereocenters. The summed E-state index contributed by atoms with van der Waals surface area (Å²) in [6.07, 6.45) is 2.06. The average molecular weight is 413 g/mol. The molecule has 2 N–H and O–H groups in total. The molecule has 0 spiro atoms. The van der Waals surface area contributed by atoms with Crippen molar-refractivity contribution in [1.29, 1.82) is 0 Å². The number of hydrogen-bond donors (Lipinski definition) is 2. The smallest absolute Gasteiger partial charge is 0.171 e. The van der Waals surface area contributed by atoms with Crippen molar-refractivity contribution in [3.63, 3.8) is 0 Å². The van der Waals surface area contributed by atoms with Crippen molar-refractivity contribution in [3.05, 3.63) is 102 Å². The van der Waals surface area contributed by atoms with Gasteiger partial charge in [0.15, 0.2) is 5.11 Å². The summed E-state index contributed by atoms with van der Waals surface area (Å²) >= 11 is 5.55. The van der Waals surface area contributed by atoms with Crippen LogP contribution >= 0.6 is 12.2 Å². The van der Waals surface area contributed by atoms with E-state index in [0.717, 1.165) is 28.2 Å². The Morgan fingerprint density at radius 1 is 0.900 bits per heavy atom. The van der Waals surface area contributed by atoms with Gasteiger partial charge in [0, 0.05) is 29.6 Å². The maximum absolute atomic E-state index is 5.55. The number of nitrogens with one attached hydrogen (secondary N) is 2. The zero-order valence-electron chi connectivity index (χ0n) is 17.1. The van der Waals surface area contributed by atoms with Crippen molar-refractivity contribution in [2.75, 3.05) is 5.32 Å². The first kappa shape index (κ1) is 19.9. The fourth-order valence-corrected chi connectivity index (χ4v) is 3.50. The number of nitrogens with zero attached hydrogens (tertiary/aromatic N) is 2. The molecule has 3 aromatic carbocycles. The van der Waals surface area contributed by atoms with Gasteiger partial charge in [0.1, 0.15) is 0 Å². The summed E-state index contributed by atoms with van der Waals surface area (Å²) < 4.78 is 1.92. The summed E-state index contributed by atoms with van der Waals surface area (Å²) in [5.74, 6) is 0. The minimum atomic E-state index is 0.577. The van der Waals surface area contributed by atoms with Crippen molar-refractivity contribution < 1.29 is 0 Å². The van der Waals surface area contributed by atoms with Gasteiger partial charge in [-0.15, -0.1) is 0 Å². The summed E-state index contributed by atoms with van der Waals surface area (Å²) in [5, 5.41) is 12.1. The average Bonchev–Trinajstić information content (AvgIpc) is 3.21. The number of aromatic nitrogens is 2. The number of hydrogen-bond acceptors (Lipinski definition) is 2. The molecular formula is C25H24N4S. The largest absolute Gasteiger partial charge is 0.358 e. The van der Waals surface area contributed by atoms with Crippen molar-refractivity contribution in [3.8, 4) is 16.9 Å². The van der Waals surface area contributed by atoms with Gasteiger partial charge in [-0.1, -0.05) is 60.7 Å². The van der Waals surface area contributed by atoms with Crippen molar-refractivity contribution in [1.82, 2.24) is 15.1 Å². The first-order chi connectivity index (χ1) is 14.6. The number of rotatable bonds is 5. The van der Waals surface area contributed by atoms with E-state index in [9.17, 15) is 0 Å². The number of aryl methyl sites for hydroxylation is 1. The Balaban J connectivity index is 1.56. The molecule has 0 aliphatic carbocycles. The van der Waals surface area contributed by atoms with Crippen LogP contribution in [0.5, 0.6) is 0 Å². The number of para-hydroxylation sites is 1. The van der Waals surface area contributed by atoms with Gasteiger partial charge in [0.05, 0.1) is 11.4 Å². The third-order valence-corrected chi connectivity index (χ3v) is 5.40. The lowest BCUT2D eigenvalue weighted by atomic mass is 10.1. The highest BCUT2D eigenvalue weighted by atomic mass is 32.1. The van der Waals surface area contributed by atoms with Gasteiger partial charge >= 0.3 is 0 Å².